The lowest BCUT2D eigenvalue weighted by molar-refractivity contribution is 0.668. The number of hydrogen-bond acceptors (Lipinski definition) is 3. The molecule has 0 radical (unpaired) electrons. The smallest absolute Gasteiger partial charge is 0.153 e. The van der Waals surface area contributed by atoms with Crippen LogP contribution in [0.25, 0.3) is 33.2 Å². The average Bonchev–Trinajstić information content (AvgIpc) is 2.94. The highest BCUT2D eigenvalue weighted by atomic mass is 16.3. The summed E-state index contributed by atoms with van der Waals surface area (Å²) in [6.07, 6.45) is 1.84. The zero-order chi connectivity index (χ0) is 15.1. The summed E-state index contributed by atoms with van der Waals surface area (Å²) in [5, 5.41) is 11.2. The molecule has 0 N–H and O–H groups in total. The van der Waals surface area contributed by atoms with E-state index in [1.807, 2.05) is 55.6 Å². The topological polar surface area (TPSA) is 49.8 Å². The van der Waals surface area contributed by atoms with Gasteiger partial charge in [-0.25, -0.2) is 0 Å². The van der Waals surface area contributed by atoms with E-state index in [1.165, 1.54) is 0 Å². The molecule has 2 aromatic heterocycles. The third-order valence-electron chi connectivity index (χ3n) is 3.83. The maximum atomic E-state index is 9.26. The van der Waals surface area contributed by atoms with Crippen LogP contribution in [0.3, 0.4) is 0 Å². The molecule has 0 unspecified atom stereocenters. The van der Waals surface area contributed by atoms with Crippen LogP contribution in [-0.2, 0) is 0 Å². The van der Waals surface area contributed by atoms with Crippen molar-refractivity contribution in [3.63, 3.8) is 0 Å². The second-order valence-electron chi connectivity index (χ2n) is 5.30. The number of nitriles is 1. The number of para-hydroxylation sites is 2. The van der Waals surface area contributed by atoms with Crippen LogP contribution in [0.2, 0.25) is 0 Å². The summed E-state index contributed by atoms with van der Waals surface area (Å²) < 4.78 is 6.03. The average molecular weight is 284 g/mol. The van der Waals surface area contributed by atoms with E-state index in [1.54, 1.807) is 6.07 Å². The van der Waals surface area contributed by atoms with Crippen LogP contribution in [0, 0.1) is 18.3 Å². The van der Waals surface area contributed by atoms with Crippen LogP contribution < -0.4 is 0 Å². The minimum atomic E-state index is 0.552. The van der Waals surface area contributed by atoms with Gasteiger partial charge in [-0.05, 0) is 30.7 Å². The highest BCUT2D eigenvalue weighted by molar-refractivity contribution is 6.10. The molecule has 0 fully saturated rings. The summed E-state index contributed by atoms with van der Waals surface area (Å²) in [4.78, 5) is 4.49. The van der Waals surface area contributed by atoms with Crippen molar-refractivity contribution in [1.29, 1.82) is 5.26 Å². The third-order valence-corrected chi connectivity index (χ3v) is 3.83. The molecule has 0 saturated carbocycles. The van der Waals surface area contributed by atoms with Gasteiger partial charge in [0.15, 0.2) is 5.58 Å². The molecular weight excluding hydrogens is 272 g/mol. The van der Waals surface area contributed by atoms with E-state index in [-0.39, 0.29) is 0 Å². The molecule has 0 atom stereocenters. The van der Waals surface area contributed by atoms with Crippen molar-refractivity contribution < 1.29 is 4.42 Å². The number of fused-ring (bicyclic) bond motifs is 3. The van der Waals surface area contributed by atoms with Gasteiger partial charge in [-0.1, -0.05) is 30.3 Å². The molecule has 0 saturated heterocycles. The summed E-state index contributed by atoms with van der Waals surface area (Å²) in [5.74, 6) is 0. The molecule has 2 heterocycles. The Kier molecular flexibility index (Phi) is 2.70. The summed E-state index contributed by atoms with van der Waals surface area (Å²) in [5.41, 5.74) is 4.89. The fourth-order valence-electron chi connectivity index (χ4n) is 2.74. The molecular formula is C19H12N2O. The molecule has 104 valence electrons. The number of aromatic nitrogens is 1. The monoisotopic (exact) mass is 284 g/mol. The zero-order valence-corrected chi connectivity index (χ0v) is 12.0. The van der Waals surface area contributed by atoms with Crippen LogP contribution in [0.15, 0.2) is 59.1 Å². The van der Waals surface area contributed by atoms with E-state index < -0.39 is 0 Å². The largest absolute Gasteiger partial charge is 0.454 e. The quantitative estimate of drug-likeness (QED) is 0.503. The number of aryl methyl sites for hydroxylation is 1. The first-order valence-electron chi connectivity index (χ1n) is 7.05. The normalized spacial score (nSPS) is 10.9. The molecule has 2 aromatic carbocycles. The Balaban J connectivity index is 2.09. The van der Waals surface area contributed by atoms with Crippen molar-refractivity contribution in [3.8, 4) is 17.3 Å². The van der Waals surface area contributed by atoms with Crippen molar-refractivity contribution >= 4 is 21.9 Å². The first-order chi connectivity index (χ1) is 10.8. The van der Waals surface area contributed by atoms with Crippen LogP contribution in [0.1, 0.15) is 11.1 Å². The molecule has 0 aliphatic carbocycles. The van der Waals surface area contributed by atoms with Crippen LogP contribution >= 0.6 is 0 Å². The number of furan rings is 1. The summed E-state index contributed by atoms with van der Waals surface area (Å²) >= 11 is 0. The number of benzene rings is 2. The summed E-state index contributed by atoms with van der Waals surface area (Å²) in [7, 11) is 0. The van der Waals surface area contributed by atoms with Gasteiger partial charge in [-0.15, -0.1) is 0 Å². The first-order valence-corrected chi connectivity index (χ1v) is 7.05. The standard InChI is InChI=1S/C19H12N2O/c1-12-8-9-17(21-11-12)16-7-3-6-15-14-5-2-4-13(10-20)18(14)22-19(15)16/h2-9,11H,1H3. The number of pyridine rings is 1. The molecule has 0 amide bonds. The minimum absolute atomic E-state index is 0.552. The molecule has 22 heavy (non-hydrogen) atoms. The fraction of sp³-hybridized carbons (Fsp3) is 0.0526. The Bertz CT molecular complexity index is 1040. The fourth-order valence-corrected chi connectivity index (χ4v) is 2.74. The minimum Gasteiger partial charge on any atom is -0.454 e. The van der Waals surface area contributed by atoms with E-state index in [9.17, 15) is 5.26 Å². The Morgan fingerprint density at radius 3 is 2.45 bits per heavy atom. The van der Waals surface area contributed by atoms with Gasteiger partial charge in [0.1, 0.15) is 11.7 Å². The van der Waals surface area contributed by atoms with E-state index in [4.69, 9.17) is 4.42 Å². The first kappa shape index (κ1) is 12.6. The maximum absolute atomic E-state index is 9.26. The molecule has 0 aliphatic heterocycles. The van der Waals surface area contributed by atoms with Gasteiger partial charge in [-0.2, -0.15) is 5.26 Å². The van der Waals surface area contributed by atoms with Crippen molar-refractivity contribution in [1.82, 2.24) is 4.98 Å². The van der Waals surface area contributed by atoms with E-state index >= 15 is 0 Å². The molecule has 0 aliphatic rings. The number of rotatable bonds is 1. The molecule has 4 aromatic rings. The van der Waals surface area contributed by atoms with E-state index in [2.05, 4.69) is 11.1 Å². The van der Waals surface area contributed by atoms with Crippen molar-refractivity contribution in [2.45, 2.75) is 6.92 Å². The third kappa shape index (κ3) is 1.78. The van der Waals surface area contributed by atoms with Crippen LogP contribution in [-0.4, -0.2) is 4.98 Å². The Labute approximate surface area is 127 Å². The van der Waals surface area contributed by atoms with Gasteiger partial charge in [-0.3, -0.25) is 4.98 Å². The van der Waals surface area contributed by atoms with Crippen molar-refractivity contribution in [2.24, 2.45) is 0 Å². The molecule has 0 spiro atoms. The highest BCUT2D eigenvalue weighted by Crippen LogP contribution is 2.36. The predicted octanol–water partition coefficient (Wildman–Crippen LogP) is 4.83. The second kappa shape index (κ2) is 4.71. The molecule has 3 heteroatoms. The lowest BCUT2D eigenvalue weighted by Crippen LogP contribution is -1.84. The Morgan fingerprint density at radius 1 is 0.955 bits per heavy atom. The Hall–Kier alpha value is -3.12. The second-order valence-corrected chi connectivity index (χ2v) is 5.30. The van der Waals surface area contributed by atoms with Crippen molar-refractivity contribution in [2.75, 3.05) is 0 Å². The van der Waals surface area contributed by atoms with Gasteiger partial charge in [0.05, 0.1) is 11.3 Å². The van der Waals surface area contributed by atoms with Gasteiger partial charge in [0, 0.05) is 22.5 Å². The highest BCUT2D eigenvalue weighted by Gasteiger charge is 2.14. The predicted molar refractivity (Wildman–Crippen MR) is 86.4 cm³/mol. The van der Waals surface area contributed by atoms with Crippen LogP contribution in [0.4, 0.5) is 0 Å². The Morgan fingerprint density at radius 2 is 1.73 bits per heavy atom. The number of hydrogen-bond donors (Lipinski definition) is 0. The summed E-state index contributed by atoms with van der Waals surface area (Å²) in [6.45, 7) is 2.01. The van der Waals surface area contributed by atoms with Gasteiger partial charge in [0.25, 0.3) is 0 Å². The molecule has 4 rings (SSSR count). The number of nitrogens with zero attached hydrogens (tertiary/aromatic N) is 2. The lowest BCUT2D eigenvalue weighted by atomic mass is 10.1. The summed E-state index contributed by atoms with van der Waals surface area (Å²) in [6, 6.07) is 17.8. The van der Waals surface area contributed by atoms with Crippen LogP contribution in [0.5, 0.6) is 0 Å². The van der Waals surface area contributed by atoms with Gasteiger partial charge >= 0.3 is 0 Å². The molecule has 3 nitrogen and oxygen atoms in total. The maximum Gasteiger partial charge on any atom is 0.153 e. The SMILES string of the molecule is Cc1ccc(-c2cccc3c2oc2c(C#N)cccc23)nc1. The van der Waals surface area contributed by atoms with Gasteiger partial charge in [0.2, 0.25) is 0 Å². The molecule has 0 bridgehead atoms. The lowest BCUT2D eigenvalue weighted by Gasteiger charge is -2.02. The van der Waals surface area contributed by atoms with E-state index in [0.717, 1.165) is 33.2 Å². The van der Waals surface area contributed by atoms with Crippen molar-refractivity contribution in [3.05, 3.63) is 65.9 Å². The van der Waals surface area contributed by atoms with E-state index in [0.29, 0.717) is 11.1 Å². The van der Waals surface area contributed by atoms with Gasteiger partial charge < -0.3 is 4.42 Å². The zero-order valence-electron chi connectivity index (χ0n) is 12.0.